The predicted octanol–water partition coefficient (Wildman–Crippen LogP) is 6.41. The monoisotopic (exact) mass is 557 g/mol. The zero-order chi connectivity index (χ0) is 29.0. The fraction of sp³-hybridized carbons (Fsp3) is 0.758. The van der Waals surface area contributed by atoms with E-state index in [-0.39, 0.29) is 40.9 Å². The van der Waals surface area contributed by atoms with E-state index in [0.29, 0.717) is 37.4 Å². The SMILES string of the molecule is CC(C)(C)NC(=O)C1(C2CCCCC2)CC2CCC(C1)N2C(=O)C1CN(C(C)(C)C)C[C@H]1c1ccc(F)cc1F. The second-order valence-electron chi connectivity index (χ2n) is 15.2. The molecule has 40 heavy (non-hydrogen) atoms. The largest absolute Gasteiger partial charge is 0.351 e. The first kappa shape index (κ1) is 29.5. The van der Waals surface area contributed by atoms with Gasteiger partial charge in [-0.15, -0.1) is 0 Å². The summed E-state index contributed by atoms with van der Waals surface area (Å²) >= 11 is 0. The van der Waals surface area contributed by atoms with E-state index in [2.05, 4.69) is 35.9 Å². The van der Waals surface area contributed by atoms with Crippen molar-refractivity contribution in [3.8, 4) is 0 Å². The van der Waals surface area contributed by atoms with Gasteiger partial charge in [0.25, 0.3) is 0 Å². The first-order chi connectivity index (χ1) is 18.7. The molecular weight excluding hydrogens is 508 g/mol. The fourth-order valence-corrected chi connectivity index (χ4v) is 8.38. The van der Waals surface area contributed by atoms with E-state index in [1.54, 1.807) is 0 Å². The van der Waals surface area contributed by atoms with Crippen LogP contribution in [0.3, 0.4) is 0 Å². The number of fused-ring (bicyclic) bond motifs is 2. The highest BCUT2D eigenvalue weighted by Crippen LogP contribution is 2.54. The smallest absolute Gasteiger partial charge is 0.228 e. The third-order valence-electron chi connectivity index (χ3n) is 10.3. The van der Waals surface area contributed by atoms with Gasteiger partial charge in [-0.25, -0.2) is 8.78 Å². The van der Waals surface area contributed by atoms with Gasteiger partial charge < -0.3 is 10.2 Å². The van der Waals surface area contributed by atoms with E-state index in [4.69, 9.17) is 0 Å². The molecule has 5 rings (SSSR count). The van der Waals surface area contributed by atoms with E-state index in [0.717, 1.165) is 31.7 Å². The summed E-state index contributed by atoms with van der Waals surface area (Å²) in [4.78, 5) is 32.9. The van der Waals surface area contributed by atoms with Crippen molar-refractivity contribution in [2.45, 2.75) is 128 Å². The molecule has 3 saturated heterocycles. The zero-order valence-corrected chi connectivity index (χ0v) is 25.4. The number of rotatable bonds is 4. The van der Waals surface area contributed by atoms with Crippen LogP contribution in [0.4, 0.5) is 8.78 Å². The van der Waals surface area contributed by atoms with Crippen LogP contribution >= 0.6 is 0 Å². The molecule has 3 unspecified atom stereocenters. The van der Waals surface area contributed by atoms with Crippen LogP contribution in [0.15, 0.2) is 18.2 Å². The van der Waals surface area contributed by atoms with Crippen molar-refractivity contribution in [1.29, 1.82) is 0 Å². The number of nitrogens with zero attached hydrogens (tertiary/aromatic N) is 2. The van der Waals surface area contributed by atoms with Crippen LogP contribution in [-0.4, -0.2) is 57.9 Å². The molecule has 0 aromatic heterocycles. The Hall–Kier alpha value is -2.02. The topological polar surface area (TPSA) is 52.7 Å². The quantitative estimate of drug-likeness (QED) is 0.465. The summed E-state index contributed by atoms with van der Waals surface area (Å²) in [5.41, 5.74) is -0.494. The lowest BCUT2D eigenvalue weighted by molar-refractivity contribution is -0.153. The predicted molar refractivity (Wildman–Crippen MR) is 154 cm³/mol. The number of piperidine rings is 1. The Morgan fingerprint density at radius 2 is 1.52 bits per heavy atom. The van der Waals surface area contributed by atoms with Gasteiger partial charge in [0.05, 0.1) is 11.3 Å². The summed E-state index contributed by atoms with van der Waals surface area (Å²) in [6.45, 7) is 13.6. The van der Waals surface area contributed by atoms with Gasteiger partial charge in [-0.2, -0.15) is 0 Å². The van der Waals surface area contributed by atoms with Crippen LogP contribution in [0.2, 0.25) is 0 Å². The Bertz CT molecular complexity index is 1100. The number of carbonyl (C=O) groups is 2. The van der Waals surface area contributed by atoms with Crippen molar-refractivity contribution < 1.29 is 18.4 Å². The normalized spacial score (nSPS) is 31.9. The Morgan fingerprint density at radius 1 is 0.900 bits per heavy atom. The highest BCUT2D eigenvalue weighted by atomic mass is 19.1. The summed E-state index contributed by atoms with van der Waals surface area (Å²) in [6, 6.07) is 3.82. The number of carbonyl (C=O) groups excluding carboxylic acids is 2. The van der Waals surface area contributed by atoms with Crippen LogP contribution in [0.1, 0.15) is 111 Å². The minimum absolute atomic E-state index is 0.0290. The molecule has 1 aromatic carbocycles. The van der Waals surface area contributed by atoms with Crippen molar-refractivity contribution in [2.24, 2.45) is 17.3 Å². The first-order valence-electron chi connectivity index (χ1n) is 15.5. The van der Waals surface area contributed by atoms with Gasteiger partial charge in [0, 0.05) is 48.2 Å². The molecule has 4 fully saturated rings. The van der Waals surface area contributed by atoms with Crippen molar-refractivity contribution >= 4 is 11.8 Å². The highest BCUT2D eigenvalue weighted by Gasteiger charge is 2.58. The molecule has 3 aliphatic heterocycles. The van der Waals surface area contributed by atoms with Gasteiger partial charge in [0.1, 0.15) is 11.6 Å². The molecule has 1 aliphatic carbocycles. The van der Waals surface area contributed by atoms with Crippen molar-refractivity contribution in [3.63, 3.8) is 0 Å². The molecule has 1 saturated carbocycles. The molecule has 5 nitrogen and oxygen atoms in total. The number of nitrogens with one attached hydrogen (secondary N) is 1. The average Bonchev–Trinajstić information content (AvgIpc) is 3.42. The number of amides is 2. The molecule has 3 heterocycles. The van der Waals surface area contributed by atoms with E-state index in [9.17, 15) is 14.0 Å². The average molecular weight is 558 g/mol. The lowest BCUT2D eigenvalue weighted by Crippen LogP contribution is -2.61. The highest BCUT2D eigenvalue weighted by molar-refractivity contribution is 5.86. The standard InChI is InChI=1S/C33H49F2N3O2/c1-31(2,3)36-30(40)33(21-10-8-7-9-11-21)17-23-13-14-24(18-33)38(23)29(39)27-20-37(32(4,5)6)19-26(27)25-15-12-22(34)16-28(25)35/h12,15-16,21,23-24,26-27H,7-11,13-14,17-20H2,1-6H3,(H,36,40)/t23?,24?,26-,27?,33?/m0/s1. The van der Waals surface area contributed by atoms with Crippen LogP contribution in [0.5, 0.6) is 0 Å². The van der Waals surface area contributed by atoms with Gasteiger partial charge >= 0.3 is 0 Å². The van der Waals surface area contributed by atoms with E-state index in [1.807, 2.05) is 20.8 Å². The maximum Gasteiger partial charge on any atom is 0.228 e. The number of hydrogen-bond acceptors (Lipinski definition) is 3. The van der Waals surface area contributed by atoms with Crippen molar-refractivity contribution in [2.75, 3.05) is 13.1 Å². The van der Waals surface area contributed by atoms with Crippen LogP contribution < -0.4 is 5.32 Å². The van der Waals surface area contributed by atoms with Crippen molar-refractivity contribution in [3.05, 3.63) is 35.4 Å². The minimum Gasteiger partial charge on any atom is -0.351 e. The number of benzene rings is 1. The molecule has 0 radical (unpaired) electrons. The van der Waals surface area contributed by atoms with Gasteiger partial charge in [-0.05, 0) is 97.6 Å². The van der Waals surface area contributed by atoms with E-state index >= 15 is 4.39 Å². The number of likely N-dealkylation sites (tertiary alicyclic amines) is 1. The fourth-order valence-electron chi connectivity index (χ4n) is 8.38. The summed E-state index contributed by atoms with van der Waals surface area (Å²) in [5, 5.41) is 3.34. The van der Waals surface area contributed by atoms with Gasteiger partial charge in [0.15, 0.2) is 0 Å². The Balaban J connectivity index is 1.44. The van der Waals surface area contributed by atoms with Crippen LogP contribution in [0, 0.1) is 28.9 Å². The van der Waals surface area contributed by atoms with Gasteiger partial charge in [-0.1, -0.05) is 25.3 Å². The summed E-state index contributed by atoms with van der Waals surface area (Å²) in [5.74, 6) is -1.29. The summed E-state index contributed by atoms with van der Waals surface area (Å²) in [6.07, 6.45) is 9.00. The molecule has 7 heteroatoms. The summed E-state index contributed by atoms with van der Waals surface area (Å²) < 4.78 is 28.9. The second kappa shape index (κ2) is 10.7. The lowest BCUT2D eigenvalue weighted by atomic mass is 9.61. The molecule has 4 atom stereocenters. The van der Waals surface area contributed by atoms with Crippen LogP contribution in [-0.2, 0) is 9.59 Å². The molecule has 0 spiro atoms. The molecule has 2 bridgehead atoms. The zero-order valence-electron chi connectivity index (χ0n) is 25.4. The molecule has 4 aliphatic rings. The third kappa shape index (κ3) is 5.56. The molecule has 2 amide bonds. The summed E-state index contributed by atoms with van der Waals surface area (Å²) in [7, 11) is 0. The maximum absolute atomic E-state index is 15.1. The number of halogens is 2. The van der Waals surface area contributed by atoms with E-state index in [1.165, 1.54) is 31.4 Å². The Kier molecular flexibility index (Phi) is 7.86. The maximum atomic E-state index is 15.1. The van der Waals surface area contributed by atoms with E-state index < -0.39 is 23.0 Å². The number of hydrogen-bond donors (Lipinski definition) is 1. The molecule has 1 N–H and O–H groups in total. The minimum atomic E-state index is -0.600. The molecular formula is C33H49F2N3O2. The Morgan fingerprint density at radius 3 is 2.08 bits per heavy atom. The first-order valence-corrected chi connectivity index (χ1v) is 15.5. The van der Waals surface area contributed by atoms with Gasteiger partial charge in [0.2, 0.25) is 11.8 Å². The molecule has 222 valence electrons. The lowest BCUT2D eigenvalue weighted by Gasteiger charge is -2.51. The van der Waals surface area contributed by atoms with Crippen LogP contribution in [0.25, 0.3) is 0 Å². The van der Waals surface area contributed by atoms with Crippen molar-refractivity contribution in [1.82, 2.24) is 15.1 Å². The van der Waals surface area contributed by atoms with Gasteiger partial charge in [-0.3, -0.25) is 14.5 Å². The third-order valence-corrected chi connectivity index (χ3v) is 10.3. The second-order valence-corrected chi connectivity index (χ2v) is 15.2. The molecule has 1 aromatic rings. The Labute approximate surface area is 239 Å².